The number of ether oxygens (including phenoxy) is 3. The zero-order valence-corrected chi connectivity index (χ0v) is 21.6. The van der Waals surface area contributed by atoms with Gasteiger partial charge in [0.15, 0.2) is 0 Å². The van der Waals surface area contributed by atoms with E-state index in [4.69, 9.17) is 21.1 Å². The van der Waals surface area contributed by atoms with Crippen molar-refractivity contribution in [1.82, 2.24) is 9.55 Å². The smallest absolute Gasteiger partial charge is 0.313 e. The van der Waals surface area contributed by atoms with Crippen molar-refractivity contribution < 1.29 is 23.9 Å². The van der Waals surface area contributed by atoms with Crippen LogP contribution in [0, 0.1) is 17.0 Å². The largest absolute Gasteiger partial charge is 0.469 e. The first-order valence-electron chi connectivity index (χ1n) is 10.7. The van der Waals surface area contributed by atoms with Gasteiger partial charge in [-0.25, -0.2) is 4.98 Å². The van der Waals surface area contributed by atoms with Gasteiger partial charge in [-0.15, -0.1) is 0 Å². The van der Waals surface area contributed by atoms with Gasteiger partial charge in [0.1, 0.15) is 18.3 Å². The van der Waals surface area contributed by atoms with Crippen molar-refractivity contribution in [1.29, 1.82) is 0 Å². The SMILES string of the molecule is COC(=O)Cc1ccc(Oc2cc3c(cc2[N+](=O)[O-])nc(C)n3COCC[Si](C)(C)C)c(Cl)c1. The van der Waals surface area contributed by atoms with E-state index < -0.39 is 19.0 Å². The first-order valence-corrected chi connectivity index (χ1v) is 14.8. The van der Waals surface area contributed by atoms with Crippen LogP contribution in [0.5, 0.6) is 11.5 Å². The van der Waals surface area contributed by atoms with Crippen molar-refractivity contribution in [2.24, 2.45) is 0 Å². The molecule has 0 aliphatic heterocycles. The van der Waals surface area contributed by atoms with E-state index in [1.165, 1.54) is 13.2 Å². The summed E-state index contributed by atoms with van der Waals surface area (Å²) in [6.45, 7) is 9.59. The molecule has 3 aromatic rings. The van der Waals surface area contributed by atoms with Crippen LogP contribution in [0.15, 0.2) is 30.3 Å². The van der Waals surface area contributed by atoms with Crippen LogP contribution in [-0.4, -0.2) is 42.2 Å². The maximum absolute atomic E-state index is 11.7. The Kier molecular flexibility index (Phi) is 7.96. The van der Waals surface area contributed by atoms with E-state index in [1.807, 2.05) is 11.5 Å². The van der Waals surface area contributed by atoms with E-state index in [2.05, 4.69) is 29.4 Å². The molecule has 0 radical (unpaired) electrons. The molecule has 0 saturated carbocycles. The predicted octanol–water partition coefficient (Wildman–Crippen LogP) is 5.73. The van der Waals surface area contributed by atoms with E-state index in [0.717, 1.165) is 6.04 Å². The van der Waals surface area contributed by atoms with Crippen LogP contribution in [0.3, 0.4) is 0 Å². The maximum atomic E-state index is 11.7. The molecule has 1 heterocycles. The van der Waals surface area contributed by atoms with Crippen LogP contribution >= 0.6 is 11.6 Å². The van der Waals surface area contributed by atoms with Crippen molar-refractivity contribution in [3.05, 3.63) is 56.9 Å². The molecule has 0 bridgehead atoms. The van der Waals surface area contributed by atoms with Crippen LogP contribution in [0.2, 0.25) is 30.7 Å². The van der Waals surface area contributed by atoms with Crippen molar-refractivity contribution in [3.8, 4) is 11.5 Å². The van der Waals surface area contributed by atoms with Gasteiger partial charge in [0.25, 0.3) is 0 Å². The summed E-state index contributed by atoms with van der Waals surface area (Å²) >= 11 is 6.33. The number of nitrogens with zero attached hydrogens (tertiary/aromatic N) is 3. The van der Waals surface area contributed by atoms with Crippen molar-refractivity contribution in [2.75, 3.05) is 13.7 Å². The Morgan fingerprint density at radius 2 is 1.94 bits per heavy atom. The first-order chi connectivity index (χ1) is 16.0. The van der Waals surface area contributed by atoms with Crippen molar-refractivity contribution in [2.45, 2.75) is 45.8 Å². The Hall–Kier alpha value is -2.95. The first kappa shape index (κ1) is 25.7. The van der Waals surface area contributed by atoms with E-state index in [-0.39, 0.29) is 35.4 Å². The number of esters is 1. The zero-order chi connectivity index (χ0) is 25.0. The van der Waals surface area contributed by atoms with Gasteiger partial charge < -0.3 is 18.8 Å². The normalized spacial score (nSPS) is 11.6. The molecule has 0 N–H and O–H groups in total. The zero-order valence-electron chi connectivity index (χ0n) is 19.9. The molecule has 3 rings (SSSR count). The number of aryl methyl sites for hydroxylation is 1. The highest BCUT2D eigenvalue weighted by Gasteiger charge is 2.22. The summed E-state index contributed by atoms with van der Waals surface area (Å²) in [5.74, 6) is 0.538. The van der Waals surface area contributed by atoms with Gasteiger partial charge in [-0.1, -0.05) is 37.3 Å². The third kappa shape index (κ3) is 6.34. The average molecular weight is 506 g/mol. The van der Waals surface area contributed by atoms with E-state index >= 15 is 0 Å². The molecule has 0 amide bonds. The fourth-order valence-electron chi connectivity index (χ4n) is 3.28. The minimum absolute atomic E-state index is 0.0309. The number of rotatable bonds is 10. The molecule has 2 aromatic carbocycles. The second-order valence-electron chi connectivity index (χ2n) is 9.12. The highest BCUT2D eigenvalue weighted by molar-refractivity contribution is 6.76. The topological polar surface area (TPSA) is 106 Å². The number of benzene rings is 2. The number of carbonyl (C=O) groups is 1. The summed E-state index contributed by atoms with van der Waals surface area (Å²) < 4.78 is 18.3. The lowest BCUT2D eigenvalue weighted by molar-refractivity contribution is -0.385. The van der Waals surface area contributed by atoms with E-state index in [9.17, 15) is 14.9 Å². The Labute approximate surface area is 203 Å². The molecule has 0 aliphatic rings. The molecule has 0 unspecified atom stereocenters. The molecular formula is C23H28ClN3O6Si. The summed E-state index contributed by atoms with van der Waals surface area (Å²) in [4.78, 5) is 27.2. The second-order valence-corrected chi connectivity index (χ2v) is 15.1. The van der Waals surface area contributed by atoms with Crippen molar-refractivity contribution in [3.63, 3.8) is 0 Å². The van der Waals surface area contributed by atoms with Gasteiger partial charge >= 0.3 is 11.7 Å². The fraction of sp³-hybridized carbons (Fsp3) is 0.391. The summed E-state index contributed by atoms with van der Waals surface area (Å²) in [6, 6.07) is 8.78. The third-order valence-electron chi connectivity index (χ3n) is 5.23. The Bertz CT molecular complexity index is 1220. The lowest BCUT2D eigenvalue weighted by atomic mass is 10.1. The highest BCUT2D eigenvalue weighted by Crippen LogP contribution is 2.38. The van der Waals surface area contributed by atoms with Crippen LogP contribution in [0.1, 0.15) is 11.4 Å². The lowest BCUT2D eigenvalue weighted by Gasteiger charge is -2.16. The Balaban J connectivity index is 1.91. The lowest BCUT2D eigenvalue weighted by Crippen LogP contribution is -2.22. The molecule has 0 fully saturated rings. The monoisotopic (exact) mass is 505 g/mol. The molecular weight excluding hydrogens is 478 g/mol. The predicted molar refractivity (Wildman–Crippen MR) is 132 cm³/mol. The quantitative estimate of drug-likeness (QED) is 0.114. The van der Waals surface area contributed by atoms with Gasteiger partial charge in [0.05, 0.1) is 34.5 Å². The van der Waals surface area contributed by atoms with Crippen LogP contribution < -0.4 is 4.74 Å². The summed E-state index contributed by atoms with van der Waals surface area (Å²) in [5.41, 5.74) is 1.54. The minimum atomic E-state index is -1.22. The Morgan fingerprint density at radius 3 is 2.56 bits per heavy atom. The van der Waals surface area contributed by atoms with Crippen LogP contribution in [0.25, 0.3) is 11.0 Å². The van der Waals surface area contributed by atoms with E-state index in [0.29, 0.717) is 29.0 Å². The Morgan fingerprint density at radius 1 is 1.21 bits per heavy atom. The summed E-state index contributed by atoms with van der Waals surface area (Å²) in [5, 5.41) is 11.9. The van der Waals surface area contributed by atoms with Crippen LogP contribution in [-0.2, 0) is 27.4 Å². The van der Waals surface area contributed by atoms with Gasteiger partial charge in [0.2, 0.25) is 5.75 Å². The molecule has 0 saturated heterocycles. The average Bonchev–Trinajstić information content (AvgIpc) is 3.05. The number of halogens is 1. The molecule has 9 nitrogen and oxygen atoms in total. The number of hydrogen-bond acceptors (Lipinski definition) is 7. The number of imidazole rings is 1. The maximum Gasteiger partial charge on any atom is 0.313 e. The number of fused-ring (bicyclic) bond motifs is 1. The fourth-order valence-corrected chi connectivity index (χ4v) is 4.28. The number of hydrogen-bond donors (Lipinski definition) is 0. The molecule has 34 heavy (non-hydrogen) atoms. The summed E-state index contributed by atoms with van der Waals surface area (Å²) in [7, 11) is 0.0832. The van der Waals surface area contributed by atoms with Crippen molar-refractivity contribution >= 4 is 42.4 Å². The molecule has 0 spiro atoms. The van der Waals surface area contributed by atoms with Gasteiger partial charge in [-0.2, -0.15) is 0 Å². The van der Waals surface area contributed by atoms with Gasteiger partial charge in [0, 0.05) is 26.8 Å². The number of nitro benzene ring substituents is 1. The molecule has 0 aliphatic carbocycles. The highest BCUT2D eigenvalue weighted by atomic mass is 35.5. The standard InChI is InChI=1S/C23H28ClN3O6Si/c1-15-25-18-12-20(27(29)30)22(13-19(18)26(15)14-32-8-9-34(3,4)5)33-21-7-6-16(10-17(21)24)11-23(28)31-2/h6-7,10,12-13H,8-9,11,14H2,1-5H3. The number of aromatic nitrogens is 2. The van der Waals surface area contributed by atoms with Crippen LogP contribution in [0.4, 0.5) is 5.69 Å². The summed E-state index contributed by atoms with van der Waals surface area (Å²) in [6.07, 6.45) is 0.0543. The molecule has 182 valence electrons. The van der Waals surface area contributed by atoms with Gasteiger partial charge in [-0.3, -0.25) is 14.9 Å². The minimum Gasteiger partial charge on any atom is -0.469 e. The van der Waals surface area contributed by atoms with Gasteiger partial charge in [-0.05, 0) is 30.7 Å². The number of nitro groups is 1. The molecule has 11 heteroatoms. The number of methoxy groups -OCH3 is 1. The molecule has 1 aromatic heterocycles. The third-order valence-corrected chi connectivity index (χ3v) is 7.23. The van der Waals surface area contributed by atoms with E-state index in [1.54, 1.807) is 24.3 Å². The number of carbonyl (C=O) groups excluding carboxylic acids is 1. The second kappa shape index (κ2) is 10.5. The molecule has 0 atom stereocenters.